The number of carbonyl (C=O) groups excluding carboxylic acids is 1. The van der Waals surface area contributed by atoms with Gasteiger partial charge in [-0.15, -0.1) is 0 Å². The summed E-state index contributed by atoms with van der Waals surface area (Å²) in [5.41, 5.74) is 8.73. The van der Waals surface area contributed by atoms with Gasteiger partial charge in [-0.3, -0.25) is 19.1 Å². The molecule has 0 radical (unpaired) electrons. The summed E-state index contributed by atoms with van der Waals surface area (Å²) < 4.78 is 6.99. The number of carbonyl (C=O) groups is 1. The first-order valence-electron chi connectivity index (χ1n) is 10.9. The van der Waals surface area contributed by atoms with Crippen molar-refractivity contribution in [3.05, 3.63) is 55.9 Å². The summed E-state index contributed by atoms with van der Waals surface area (Å²) in [5.74, 6) is -0.0715. The monoisotopic (exact) mass is 440 g/mol. The molecular formula is C24H32N4O4. The van der Waals surface area contributed by atoms with Crippen molar-refractivity contribution in [2.24, 2.45) is 11.8 Å². The highest BCUT2D eigenvalue weighted by Gasteiger charge is 2.26. The number of hydrogen-bond donors (Lipinski definition) is 2. The number of nitrogens with one attached hydrogen (secondary N) is 1. The molecule has 32 heavy (non-hydrogen) atoms. The van der Waals surface area contributed by atoms with Crippen LogP contribution >= 0.6 is 0 Å². The molecule has 3 rings (SSSR count). The molecule has 8 heteroatoms. The van der Waals surface area contributed by atoms with E-state index in [2.05, 4.69) is 4.98 Å². The van der Waals surface area contributed by atoms with Crippen molar-refractivity contribution < 1.29 is 9.21 Å². The maximum atomic E-state index is 13.5. The van der Waals surface area contributed by atoms with Gasteiger partial charge in [0, 0.05) is 24.0 Å². The number of anilines is 2. The highest BCUT2D eigenvalue weighted by molar-refractivity contribution is 5.99. The Balaban J connectivity index is 2.06. The van der Waals surface area contributed by atoms with Gasteiger partial charge in [-0.1, -0.05) is 27.7 Å². The number of aromatic amines is 1. The number of nitrogens with two attached hydrogens (primary N) is 1. The minimum Gasteiger partial charge on any atom is -0.464 e. The first kappa shape index (κ1) is 23.4. The van der Waals surface area contributed by atoms with E-state index in [1.54, 1.807) is 6.26 Å². The minimum atomic E-state index is -0.662. The van der Waals surface area contributed by atoms with Gasteiger partial charge in [0.1, 0.15) is 11.4 Å². The predicted octanol–water partition coefficient (Wildman–Crippen LogP) is 3.37. The molecule has 0 bridgehead atoms. The van der Waals surface area contributed by atoms with Crippen LogP contribution in [0.15, 0.2) is 32.4 Å². The Kier molecular flexibility index (Phi) is 6.62. The van der Waals surface area contributed by atoms with Crippen LogP contribution in [-0.2, 0) is 17.8 Å². The van der Waals surface area contributed by atoms with Crippen LogP contribution in [0.2, 0.25) is 0 Å². The van der Waals surface area contributed by atoms with Crippen LogP contribution in [0, 0.1) is 25.7 Å². The second kappa shape index (κ2) is 9.06. The van der Waals surface area contributed by atoms with Crippen LogP contribution in [0.4, 0.5) is 11.5 Å². The van der Waals surface area contributed by atoms with E-state index < -0.39 is 11.2 Å². The molecule has 0 saturated heterocycles. The SMILES string of the molecule is Cc1cc2occ(CC(=O)N(CC(C)C)c3c(N)n(CC(C)C)c(=O)[nH]c3=O)c2cc1C. The zero-order valence-corrected chi connectivity index (χ0v) is 19.6. The molecule has 0 aliphatic rings. The largest absolute Gasteiger partial charge is 0.464 e. The third-order valence-electron chi connectivity index (χ3n) is 5.49. The number of amides is 1. The highest BCUT2D eigenvalue weighted by Crippen LogP contribution is 2.27. The molecule has 1 aromatic carbocycles. The van der Waals surface area contributed by atoms with Gasteiger partial charge in [0.05, 0.1) is 12.7 Å². The molecule has 0 unspecified atom stereocenters. The zero-order valence-electron chi connectivity index (χ0n) is 19.6. The summed E-state index contributed by atoms with van der Waals surface area (Å²) in [7, 11) is 0. The lowest BCUT2D eigenvalue weighted by Crippen LogP contribution is -2.43. The van der Waals surface area contributed by atoms with Gasteiger partial charge in [0.25, 0.3) is 5.56 Å². The summed E-state index contributed by atoms with van der Waals surface area (Å²) in [4.78, 5) is 42.3. The summed E-state index contributed by atoms with van der Waals surface area (Å²) in [6.45, 7) is 12.4. The number of fused-ring (bicyclic) bond motifs is 1. The normalized spacial score (nSPS) is 11.6. The number of aromatic nitrogens is 2. The Hall–Kier alpha value is -3.29. The number of hydrogen-bond acceptors (Lipinski definition) is 5. The average Bonchev–Trinajstić information content (AvgIpc) is 3.05. The number of H-pyrrole nitrogens is 1. The smallest absolute Gasteiger partial charge is 0.330 e. The number of aryl methyl sites for hydroxylation is 2. The van der Waals surface area contributed by atoms with Crippen molar-refractivity contribution >= 4 is 28.4 Å². The van der Waals surface area contributed by atoms with Crippen LogP contribution < -0.4 is 21.9 Å². The minimum absolute atomic E-state index is 0.00460. The maximum Gasteiger partial charge on any atom is 0.330 e. The number of nitrogen functional groups attached to an aromatic ring is 1. The van der Waals surface area contributed by atoms with Crippen molar-refractivity contribution in [2.45, 2.75) is 54.5 Å². The van der Waals surface area contributed by atoms with E-state index >= 15 is 0 Å². The lowest BCUT2D eigenvalue weighted by atomic mass is 10.0. The standard InChI is InChI=1S/C24H32N4O4/c1-13(2)10-27(21-22(25)28(11-14(3)4)24(31)26-23(21)30)20(29)9-17-12-32-19-8-16(6)15(5)7-18(17)19/h7-8,12-14H,9-11,25H2,1-6H3,(H,26,30,31). The molecule has 1 amide bonds. The summed E-state index contributed by atoms with van der Waals surface area (Å²) >= 11 is 0. The molecule has 2 aromatic heterocycles. The lowest BCUT2D eigenvalue weighted by Gasteiger charge is -2.26. The Morgan fingerprint density at radius 2 is 1.78 bits per heavy atom. The van der Waals surface area contributed by atoms with Crippen LogP contribution in [0.3, 0.4) is 0 Å². The number of nitrogens with zero attached hydrogens (tertiary/aromatic N) is 2. The molecule has 0 aliphatic heterocycles. The van der Waals surface area contributed by atoms with E-state index in [4.69, 9.17) is 10.2 Å². The molecule has 0 atom stereocenters. The first-order valence-corrected chi connectivity index (χ1v) is 10.9. The first-order chi connectivity index (χ1) is 15.0. The second-order valence-electron chi connectivity index (χ2n) is 9.27. The Morgan fingerprint density at radius 3 is 2.41 bits per heavy atom. The molecule has 0 fully saturated rings. The predicted molar refractivity (Wildman–Crippen MR) is 127 cm³/mol. The van der Waals surface area contributed by atoms with E-state index in [0.717, 1.165) is 22.1 Å². The van der Waals surface area contributed by atoms with Crippen LogP contribution in [0.5, 0.6) is 0 Å². The summed E-state index contributed by atoms with van der Waals surface area (Å²) in [6.07, 6.45) is 1.63. The Morgan fingerprint density at radius 1 is 1.12 bits per heavy atom. The average molecular weight is 441 g/mol. The fourth-order valence-corrected chi connectivity index (χ4v) is 3.80. The van der Waals surface area contributed by atoms with E-state index in [-0.39, 0.29) is 35.7 Å². The number of benzene rings is 1. The second-order valence-corrected chi connectivity index (χ2v) is 9.27. The lowest BCUT2D eigenvalue weighted by molar-refractivity contribution is -0.118. The van der Waals surface area contributed by atoms with Crippen molar-refractivity contribution in [1.29, 1.82) is 0 Å². The van der Waals surface area contributed by atoms with E-state index in [1.165, 1.54) is 9.47 Å². The van der Waals surface area contributed by atoms with Gasteiger partial charge >= 0.3 is 5.69 Å². The molecule has 8 nitrogen and oxygen atoms in total. The topological polar surface area (TPSA) is 114 Å². The molecule has 0 aliphatic carbocycles. The molecule has 0 spiro atoms. The Bertz CT molecular complexity index is 1260. The van der Waals surface area contributed by atoms with E-state index in [0.29, 0.717) is 18.7 Å². The molecule has 2 heterocycles. The number of rotatable bonds is 7. The van der Waals surface area contributed by atoms with Crippen molar-refractivity contribution in [3.8, 4) is 0 Å². The van der Waals surface area contributed by atoms with E-state index in [1.807, 2.05) is 53.7 Å². The molecule has 0 saturated carbocycles. The zero-order chi connectivity index (χ0) is 23.7. The summed E-state index contributed by atoms with van der Waals surface area (Å²) in [6, 6.07) is 3.96. The quantitative estimate of drug-likeness (QED) is 0.585. The highest BCUT2D eigenvalue weighted by atomic mass is 16.3. The molecule has 3 N–H and O–H groups in total. The van der Waals surface area contributed by atoms with Crippen molar-refractivity contribution in [1.82, 2.24) is 9.55 Å². The number of furan rings is 1. The fraction of sp³-hybridized carbons (Fsp3) is 0.458. The van der Waals surface area contributed by atoms with Gasteiger partial charge < -0.3 is 15.1 Å². The van der Waals surface area contributed by atoms with E-state index in [9.17, 15) is 14.4 Å². The van der Waals surface area contributed by atoms with Crippen molar-refractivity contribution in [3.63, 3.8) is 0 Å². The summed E-state index contributed by atoms with van der Waals surface area (Å²) in [5, 5.41) is 0.873. The maximum absolute atomic E-state index is 13.5. The van der Waals surface area contributed by atoms with Crippen LogP contribution in [0.25, 0.3) is 11.0 Å². The van der Waals surface area contributed by atoms with Gasteiger partial charge in [0.2, 0.25) is 5.91 Å². The van der Waals surface area contributed by atoms with Gasteiger partial charge in [-0.25, -0.2) is 4.79 Å². The molecule has 172 valence electrons. The van der Waals surface area contributed by atoms with Gasteiger partial charge in [-0.05, 0) is 48.9 Å². The molecular weight excluding hydrogens is 408 g/mol. The van der Waals surface area contributed by atoms with Crippen molar-refractivity contribution in [2.75, 3.05) is 17.2 Å². The van der Waals surface area contributed by atoms with Crippen LogP contribution in [0.1, 0.15) is 44.4 Å². The van der Waals surface area contributed by atoms with Gasteiger partial charge in [0.15, 0.2) is 5.69 Å². The van der Waals surface area contributed by atoms with Gasteiger partial charge in [-0.2, -0.15) is 0 Å². The fourth-order valence-electron chi connectivity index (χ4n) is 3.80. The third kappa shape index (κ3) is 4.64. The third-order valence-corrected chi connectivity index (χ3v) is 5.49. The Labute approximate surface area is 187 Å². The van der Waals surface area contributed by atoms with Crippen LogP contribution in [-0.4, -0.2) is 22.0 Å². The molecule has 3 aromatic rings.